The number of furan rings is 1. The van der Waals surface area contributed by atoms with E-state index in [0.29, 0.717) is 23.3 Å². The minimum Gasteiger partial charge on any atom is -0.468 e. The Balaban J connectivity index is 2.34. The molecule has 0 spiro atoms. The first-order valence-corrected chi connectivity index (χ1v) is 10.7. The van der Waals surface area contributed by atoms with E-state index < -0.39 is 8.80 Å². The fourth-order valence-electron chi connectivity index (χ4n) is 1.89. The van der Waals surface area contributed by atoms with Gasteiger partial charge >= 0.3 is 0 Å². The SMILES string of the molecule is CC[Si](CCl)c1c(OCc2ccco2)nnc(Br)c1CBr. The molecule has 0 saturated carbocycles. The zero-order valence-corrected chi connectivity index (χ0v) is 16.3. The average Bonchev–Trinajstić information content (AvgIpc) is 3.01. The van der Waals surface area contributed by atoms with Crippen LogP contribution in [-0.4, -0.2) is 24.5 Å². The van der Waals surface area contributed by atoms with E-state index in [2.05, 4.69) is 49.0 Å². The van der Waals surface area contributed by atoms with Gasteiger partial charge in [0.1, 0.15) is 25.8 Å². The molecule has 0 unspecified atom stereocenters. The van der Waals surface area contributed by atoms with Crippen LogP contribution in [0.4, 0.5) is 0 Å². The van der Waals surface area contributed by atoms with Gasteiger partial charge in [-0.05, 0) is 28.1 Å². The standard InChI is InChI=1S/C13H14Br2ClN2O2Si/c1-2-21(8-16)11-10(6-14)12(15)17-18-13(11)20-7-9-4-3-5-19-9/h3-5H,2,6-8H2,1H3. The van der Waals surface area contributed by atoms with Crippen molar-refractivity contribution in [2.75, 3.05) is 5.50 Å². The molecule has 0 bridgehead atoms. The summed E-state index contributed by atoms with van der Waals surface area (Å²) in [4.78, 5) is 0. The molecule has 0 atom stereocenters. The lowest BCUT2D eigenvalue weighted by atomic mass is 10.3. The van der Waals surface area contributed by atoms with E-state index in [9.17, 15) is 0 Å². The number of hydrogen-bond donors (Lipinski definition) is 0. The molecule has 2 aromatic heterocycles. The number of nitrogens with zero attached hydrogens (tertiary/aromatic N) is 2. The predicted octanol–water partition coefficient (Wildman–Crippen LogP) is 3.81. The van der Waals surface area contributed by atoms with E-state index in [-0.39, 0.29) is 0 Å². The monoisotopic (exact) mass is 451 g/mol. The summed E-state index contributed by atoms with van der Waals surface area (Å²) in [7, 11) is -0.937. The van der Waals surface area contributed by atoms with Crippen molar-refractivity contribution < 1.29 is 9.15 Å². The second kappa shape index (κ2) is 8.31. The van der Waals surface area contributed by atoms with Gasteiger partial charge in [-0.25, -0.2) is 0 Å². The van der Waals surface area contributed by atoms with E-state index in [1.54, 1.807) is 6.26 Å². The van der Waals surface area contributed by atoms with Gasteiger partial charge in [0.15, 0.2) is 0 Å². The highest BCUT2D eigenvalue weighted by Crippen LogP contribution is 2.21. The molecule has 0 aliphatic carbocycles. The Kier molecular flexibility index (Phi) is 6.72. The summed E-state index contributed by atoms with van der Waals surface area (Å²) in [6, 6.07) is 4.70. The molecule has 0 aliphatic heterocycles. The highest BCUT2D eigenvalue weighted by atomic mass is 79.9. The Labute approximate surface area is 147 Å². The quantitative estimate of drug-likeness (QED) is 0.473. The summed E-state index contributed by atoms with van der Waals surface area (Å²) in [5, 5.41) is 10.1. The summed E-state index contributed by atoms with van der Waals surface area (Å²) in [6.45, 7) is 2.47. The molecule has 113 valence electrons. The molecule has 1 radical (unpaired) electrons. The van der Waals surface area contributed by atoms with Crippen molar-refractivity contribution in [3.63, 3.8) is 0 Å². The summed E-state index contributed by atoms with van der Waals surface area (Å²) < 4.78 is 11.8. The van der Waals surface area contributed by atoms with Gasteiger partial charge in [-0.2, -0.15) is 0 Å². The fraction of sp³-hybridized carbons (Fsp3) is 0.385. The second-order valence-electron chi connectivity index (χ2n) is 4.24. The molecular formula is C13H14Br2ClN2O2Si. The van der Waals surface area contributed by atoms with Crippen molar-refractivity contribution >= 4 is 57.4 Å². The smallest absolute Gasteiger partial charge is 0.233 e. The first-order chi connectivity index (χ1) is 10.2. The molecule has 8 heteroatoms. The predicted molar refractivity (Wildman–Crippen MR) is 92.0 cm³/mol. The van der Waals surface area contributed by atoms with Crippen LogP contribution in [0.2, 0.25) is 6.04 Å². The van der Waals surface area contributed by atoms with Gasteiger partial charge < -0.3 is 9.15 Å². The van der Waals surface area contributed by atoms with Gasteiger partial charge in [0, 0.05) is 21.6 Å². The lowest BCUT2D eigenvalue weighted by molar-refractivity contribution is 0.259. The van der Waals surface area contributed by atoms with Gasteiger partial charge in [-0.15, -0.1) is 21.8 Å². The molecule has 0 amide bonds. The summed E-state index contributed by atoms with van der Waals surface area (Å²) >= 11 is 13.1. The average molecular weight is 454 g/mol. The molecule has 0 aliphatic rings. The third-order valence-corrected chi connectivity index (χ3v) is 7.56. The van der Waals surface area contributed by atoms with E-state index >= 15 is 0 Å². The molecule has 2 aromatic rings. The van der Waals surface area contributed by atoms with Gasteiger partial charge in [0.25, 0.3) is 0 Å². The van der Waals surface area contributed by atoms with Crippen LogP contribution in [0, 0.1) is 0 Å². The van der Waals surface area contributed by atoms with Gasteiger partial charge in [0.2, 0.25) is 5.88 Å². The van der Waals surface area contributed by atoms with Crippen LogP contribution in [0.3, 0.4) is 0 Å². The molecule has 2 heterocycles. The Morgan fingerprint density at radius 2 is 2.24 bits per heavy atom. The van der Waals surface area contributed by atoms with Crippen LogP contribution in [0.25, 0.3) is 0 Å². The Morgan fingerprint density at radius 1 is 1.43 bits per heavy atom. The molecule has 21 heavy (non-hydrogen) atoms. The van der Waals surface area contributed by atoms with Crippen molar-refractivity contribution in [2.45, 2.75) is 24.9 Å². The van der Waals surface area contributed by atoms with Crippen molar-refractivity contribution in [3.05, 3.63) is 34.3 Å². The van der Waals surface area contributed by atoms with E-state index in [0.717, 1.165) is 27.2 Å². The van der Waals surface area contributed by atoms with E-state index in [1.165, 1.54) is 0 Å². The topological polar surface area (TPSA) is 48.2 Å². The number of aromatic nitrogens is 2. The van der Waals surface area contributed by atoms with Crippen LogP contribution in [0.1, 0.15) is 18.2 Å². The molecule has 0 N–H and O–H groups in total. The normalized spacial score (nSPS) is 11.1. The van der Waals surface area contributed by atoms with Crippen LogP contribution in [0.5, 0.6) is 5.88 Å². The zero-order chi connectivity index (χ0) is 15.2. The van der Waals surface area contributed by atoms with E-state index in [1.807, 2.05) is 12.1 Å². The van der Waals surface area contributed by atoms with E-state index in [4.69, 9.17) is 20.8 Å². The third-order valence-electron chi connectivity index (χ3n) is 3.00. The molecule has 0 aromatic carbocycles. The highest BCUT2D eigenvalue weighted by Gasteiger charge is 2.24. The van der Waals surface area contributed by atoms with Gasteiger partial charge in [-0.1, -0.05) is 28.9 Å². The maximum atomic E-state index is 6.15. The minimum atomic E-state index is -0.937. The highest BCUT2D eigenvalue weighted by molar-refractivity contribution is 9.10. The third kappa shape index (κ3) is 4.09. The largest absolute Gasteiger partial charge is 0.468 e. The van der Waals surface area contributed by atoms with Crippen molar-refractivity contribution in [1.29, 1.82) is 0 Å². The number of alkyl halides is 2. The molecular weight excluding hydrogens is 440 g/mol. The van der Waals surface area contributed by atoms with Crippen LogP contribution < -0.4 is 9.92 Å². The molecule has 4 nitrogen and oxygen atoms in total. The molecule has 0 fully saturated rings. The number of halogens is 3. The fourth-order valence-corrected chi connectivity index (χ4v) is 6.38. The van der Waals surface area contributed by atoms with Crippen LogP contribution >= 0.6 is 43.5 Å². The second-order valence-corrected chi connectivity index (χ2v) is 9.04. The van der Waals surface area contributed by atoms with Crippen LogP contribution in [-0.2, 0) is 11.9 Å². The van der Waals surface area contributed by atoms with Gasteiger partial charge in [-0.3, -0.25) is 0 Å². The summed E-state index contributed by atoms with van der Waals surface area (Å²) in [6.07, 6.45) is 1.62. The first kappa shape index (κ1) is 17.0. The van der Waals surface area contributed by atoms with Gasteiger partial charge in [0.05, 0.1) is 6.26 Å². The Morgan fingerprint density at radius 3 is 2.81 bits per heavy atom. The van der Waals surface area contributed by atoms with Crippen molar-refractivity contribution in [2.24, 2.45) is 0 Å². The zero-order valence-electron chi connectivity index (χ0n) is 11.4. The lowest BCUT2D eigenvalue weighted by Crippen LogP contribution is -2.37. The Bertz CT molecular complexity index is 580. The Hall–Kier alpha value is -0.373. The first-order valence-electron chi connectivity index (χ1n) is 6.38. The van der Waals surface area contributed by atoms with Crippen LogP contribution in [0.15, 0.2) is 27.4 Å². The van der Waals surface area contributed by atoms with Crippen molar-refractivity contribution in [1.82, 2.24) is 10.2 Å². The lowest BCUT2D eigenvalue weighted by Gasteiger charge is -2.18. The molecule has 0 saturated heterocycles. The number of hydrogen-bond acceptors (Lipinski definition) is 4. The van der Waals surface area contributed by atoms with Crippen molar-refractivity contribution in [3.8, 4) is 5.88 Å². The number of ether oxygens (including phenoxy) is 1. The maximum Gasteiger partial charge on any atom is 0.233 e. The molecule has 2 rings (SSSR count). The minimum absolute atomic E-state index is 0.333. The summed E-state index contributed by atoms with van der Waals surface area (Å²) in [5.74, 6) is 1.31. The summed E-state index contributed by atoms with van der Waals surface area (Å²) in [5.41, 5.74) is 1.67. The maximum absolute atomic E-state index is 6.15. The number of rotatable bonds is 7.